The van der Waals surface area contributed by atoms with Crippen molar-refractivity contribution in [2.75, 3.05) is 28.2 Å². The number of nitrogens with zero attached hydrogens (tertiary/aromatic N) is 4. The summed E-state index contributed by atoms with van der Waals surface area (Å²) in [4.78, 5) is 103. The molecule has 64 heavy (non-hydrogen) atoms. The molecule has 304 valence electrons. The Morgan fingerprint density at radius 3 is 1.05 bits per heavy atom. The van der Waals surface area contributed by atoms with Crippen molar-refractivity contribution in [2.45, 2.75) is 6.23 Å². The van der Waals surface area contributed by atoms with E-state index in [4.69, 9.17) is 0 Å². The van der Waals surface area contributed by atoms with Crippen LogP contribution in [0.25, 0.3) is 97.3 Å². The fourth-order valence-electron chi connectivity index (χ4n) is 11.8. The maximum atomic E-state index is 14.5. The molecule has 4 heterocycles. The van der Waals surface area contributed by atoms with E-state index in [9.17, 15) is 38.7 Å². The van der Waals surface area contributed by atoms with Crippen LogP contribution in [0.5, 0.6) is 0 Å². The molecule has 10 aromatic rings. The minimum atomic E-state index is -1.22. The van der Waals surface area contributed by atoms with E-state index in [0.29, 0.717) is 120 Å². The van der Waals surface area contributed by atoms with E-state index in [2.05, 4.69) is 0 Å². The molecule has 0 saturated carbocycles. The van der Waals surface area contributed by atoms with Crippen molar-refractivity contribution in [3.8, 4) is 11.1 Å². The first-order valence-corrected chi connectivity index (χ1v) is 20.7. The molecule has 10 aromatic carbocycles. The van der Waals surface area contributed by atoms with E-state index in [1.165, 1.54) is 26.0 Å². The van der Waals surface area contributed by atoms with Gasteiger partial charge in [0.1, 0.15) is 0 Å². The number of carbonyl (C=O) groups is 7. The summed E-state index contributed by atoms with van der Waals surface area (Å²) in [5.74, 6) is -3.18. The van der Waals surface area contributed by atoms with Crippen LogP contribution in [0.1, 0.15) is 84.3 Å². The number of benzene rings is 10. The lowest BCUT2D eigenvalue weighted by atomic mass is 9.76. The molecule has 0 aromatic heterocycles. The summed E-state index contributed by atoms with van der Waals surface area (Å²) in [5.41, 5.74) is 3.98. The third-order valence-electron chi connectivity index (χ3n) is 14.7. The molecule has 0 spiro atoms. The van der Waals surface area contributed by atoms with E-state index in [-0.39, 0.29) is 17.0 Å². The second kappa shape index (κ2) is 11.0. The molecule has 12 heteroatoms. The van der Waals surface area contributed by atoms with Crippen LogP contribution in [0, 0.1) is 0 Å². The van der Waals surface area contributed by atoms with Gasteiger partial charge in [-0.3, -0.25) is 48.3 Å². The maximum absolute atomic E-state index is 14.5. The number of fused-ring (bicyclic) bond motifs is 4. The molecule has 0 bridgehead atoms. The Morgan fingerprint density at radius 1 is 0.312 bits per heavy atom. The van der Waals surface area contributed by atoms with Crippen molar-refractivity contribution >= 4 is 128 Å². The number of amides is 7. The quantitative estimate of drug-likeness (QED) is 0.0987. The van der Waals surface area contributed by atoms with Crippen molar-refractivity contribution in [3.63, 3.8) is 0 Å². The predicted molar refractivity (Wildman–Crippen MR) is 241 cm³/mol. The smallest absolute Gasteiger partial charge is 0.261 e. The number of rotatable bonds is 1. The van der Waals surface area contributed by atoms with Crippen LogP contribution in [-0.4, -0.2) is 94.2 Å². The van der Waals surface area contributed by atoms with E-state index in [1.54, 1.807) is 49.5 Å². The summed E-state index contributed by atoms with van der Waals surface area (Å²) >= 11 is 0. The summed E-state index contributed by atoms with van der Waals surface area (Å²) in [6, 6.07) is 25.2. The molecule has 1 unspecified atom stereocenters. The molecule has 0 saturated heterocycles. The summed E-state index contributed by atoms with van der Waals surface area (Å²) in [6.07, 6.45) is -1.22. The zero-order valence-corrected chi connectivity index (χ0v) is 34.3. The second-order valence-corrected chi connectivity index (χ2v) is 17.5. The van der Waals surface area contributed by atoms with Crippen molar-refractivity contribution in [1.29, 1.82) is 0 Å². The normalized spacial score (nSPS) is 17.4. The lowest BCUT2D eigenvalue weighted by Crippen LogP contribution is -2.37. The molecule has 14 rings (SSSR count). The SMILES string of the molecule is CN1C(=O)c2ccc3c4ccc5c6c(cc(-c7cc8c9c(ccc%10c%11ccc%12c%13c(ccc(c7c9%10)c%13%11)C(=O)N(C)C%12O)C(=O)N(C)C8=O)c(c7ccc(c2c37)C1=O)c64)C(=O)N(C)C5=O. The molecule has 7 amide bonds. The van der Waals surface area contributed by atoms with Crippen LogP contribution in [0.2, 0.25) is 0 Å². The average Bonchev–Trinajstić information content (AvgIpc) is 3.31. The topological polar surface area (TPSA) is 153 Å². The van der Waals surface area contributed by atoms with Gasteiger partial charge in [0, 0.05) is 94.2 Å². The van der Waals surface area contributed by atoms with Crippen molar-refractivity contribution in [3.05, 3.63) is 129 Å². The maximum Gasteiger partial charge on any atom is 0.261 e. The van der Waals surface area contributed by atoms with Gasteiger partial charge in [0.05, 0.1) is 0 Å². The standard InChI is InChI=1S/C52H28N4O8/c1-53-45(57)25-11-5-19-21-7-13-29-41-33(51(63)55(3)49(29)61)17-31(37(43(21)41)23-9-15-27(47(53)59)39(25)35(19)23)32-18-34-42-30(50(62)56(4)52(34)64)14-8-22-20-6-12-26-40-28(48(60)54(2)46(26)58)16-10-24(36(20)40)38(32)44(22)42/h5-18,45,57H,1-4H3. The Hall–Kier alpha value is -8.35. The number of hydrogen-bond acceptors (Lipinski definition) is 8. The summed E-state index contributed by atoms with van der Waals surface area (Å²) in [6.45, 7) is 0. The molecule has 1 atom stereocenters. The molecule has 0 radical (unpaired) electrons. The van der Waals surface area contributed by atoms with Gasteiger partial charge >= 0.3 is 0 Å². The first-order valence-electron chi connectivity index (χ1n) is 20.7. The Balaban J connectivity index is 1.28. The lowest BCUT2D eigenvalue weighted by Gasteiger charge is -2.32. The van der Waals surface area contributed by atoms with Gasteiger partial charge in [0.2, 0.25) is 0 Å². The van der Waals surface area contributed by atoms with Gasteiger partial charge in [0.15, 0.2) is 6.23 Å². The van der Waals surface area contributed by atoms with Gasteiger partial charge in [-0.25, -0.2) is 0 Å². The largest absolute Gasteiger partial charge is 0.369 e. The van der Waals surface area contributed by atoms with Gasteiger partial charge in [0.25, 0.3) is 41.4 Å². The molecule has 1 N–H and O–H groups in total. The van der Waals surface area contributed by atoms with Gasteiger partial charge in [-0.1, -0.05) is 42.5 Å². The van der Waals surface area contributed by atoms with Gasteiger partial charge in [-0.15, -0.1) is 0 Å². The number of carbonyl (C=O) groups excluding carboxylic acids is 7. The van der Waals surface area contributed by atoms with Crippen molar-refractivity contribution in [1.82, 2.24) is 19.6 Å². The fraction of sp³-hybridized carbons (Fsp3) is 0.0962. The van der Waals surface area contributed by atoms with Crippen LogP contribution in [-0.2, 0) is 0 Å². The van der Waals surface area contributed by atoms with Crippen LogP contribution in [0.4, 0.5) is 0 Å². The van der Waals surface area contributed by atoms with E-state index in [1.807, 2.05) is 42.5 Å². The Labute approximate surface area is 359 Å². The van der Waals surface area contributed by atoms with Crippen molar-refractivity contribution < 1.29 is 38.7 Å². The van der Waals surface area contributed by atoms with Crippen LogP contribution >= 0.6 is 0 Å². The van der Waals surface area contributed by atoms with Gasteiger partial charge in [-0.05, 0) is 118 Å². The highest BCUT2D eigenvalue weighted by molar-refractivity contribution is 6.46. The molecule has 4 aliphatic rings. The number of aliphatic hydroxyl groups excluding tert-OH is 1. The lowest BCUT2D eigenvalue weighted by molar-refractivity contribution is 0.0174. The zero-order valence-electron chi connectivity index (χ0n) is 34.3. The van der Waals surface area contributed by atoms with Crippen molar-refractivity contribution in [2.24, 2.45) is 0 Å². The average molecular weight is 837 g/mol. The Bertz CT molecular complexity index is 4130. The third-order valence-corrected chi connectivity index (χ3v) is 14.7. The fourth-order valence-corrected chi connectivity index (χ4v) is 11.8. The van der Waals surface area contributed by atoms with Crippen LogP contribution < -0.4 is 0 Å². The van der Waals surface area contributed by atoms with E-state index in [0.717, 1.165) is 25.5 Å². The minimum Gasteiger partial charge on any atom is -0.369 e. The second-order valence-electron chi connectivity index (χ2n) is 17.5. The number of imide groups is 3. The van der Waals surface area contributed by atoms with Gasteiger partial charge in [-0.2, -0.15) is 0 Å². The first-order chi connectivity index (χ1) is 30.8. The van der Waals surface area contributed by atoms with Crippen LogP contribution in [0.15, 0.2) is 84.9 Å². The Morgan fingerprint density at radius 2 is 0.625 bits per heavy atom. The third kappa shape index (κ3) is 3.66. The Kier molecular flexibility index (Phi) is 6.05. The monoisotopic (exact) mass is 836 g/mol. The molecular formula is C52H28N4O8. The predicted octanol–water partition coefficient (Wildman–Crippen LogP) is 8.21. The highest BCUT2D eigenvalue weighted by Crippen LogP contribution is 2.54. The molecular weight excluding hydrogens is 809 g/mol. The summed E-state index contributed by atoms with van der Waals surface area (Å²) < 4.78 is 0. The highest BCUT2D eigenvalue weighted by atomic mass is 16.3. The molecule has 4 aliphatic heterocycles. The number of aliphatic hydroxyl groups is 1. The zero-order chi connectivity index (χ0) is 43.8. The van der Waals surface area contributed by atoms with Gasteiger partial charge < -0.3 is 10.0 Å². The minimum absolute atomic E-state index is 0.271. The van der Waals surface area contributed by atoms with E-state index >= 15 is 0 Å². The number of hydrogen-bond donors (Lipinski definition) is 1. The van der Waals surface area contributed by atoms with Crippen LogP contribution in [0.3, 0.4) is 0 Å². The highest BCUT2D eigenvalue weighted by Gasteiger charge is 2.39. The molecule has 12 nitrogen and oxygen atoms in total. The molecule has 0 fully saturated rings. The molecule has 0 aliphatic carbocycles. The first kappa shape index (κ1) is 35.3. The summed E-state index contributed by atoms with van der Waals surface area (Å²) in [7, 11) is 5.91. The van der Waals surface area contributed by atoms with E-state index < -0.39 is 41.7 Å². The summed E-state index contributed by atoms with van der Waals surface area (Å²) in [5, 5.41) is 21.7.